The fourth-order valence-corrected chi connectivity index (χ4v) is 4.11. The molecule has 0 aliphatic rings. The van der Waals surface area contributed by atoms with Gasteiger partial charge in [0.15, 0.2) is 0 Å². The number of hydrogen-bond acceptors (Lipinski definition) is 2. The van der Waals surface area contributed by atoms with Gasteiger partial charge in [-0.15, -0.1) is 0 Å². The lowest BCUT2D eigenvalue weighted by molar-refractivity contribution is 0.0685. The van der Waals surface area contributed by atoms with Crippen molar-refractivity contribution in [1.82, 2.24) is 9.88 Å². The van der Waals surface area contributed by atoms with E-state index in [-0.39, 0.29) is 11.5 Å². The number of carboxylic acids is 1. The van der Waals surface area contributed by atoms with Crippen molar-refractivity contribution in [3.63, 3.8) is 0 Å². The van der Waals surface area contributed by atoms with E-state index in [1.54, 1.807) is 10.6 Å². The number of aromatic nitrogens is 1. The highest BCUT2D eigenvalue weighted by Gasteiger charge is 2.22. The number of halogens is 1. The molecule has 4 rings (SSSR count). The van der Waals surface area contributed by atoms with Gasteiger partial charge in [0, 0.05) is 29.6 Å². The van der Waals surface area contributed by atoms with Crippen molar-refractivity contribution >= 4 is 16.9 Å². The minimum Gasteiger partial charge on any atom is -0.477 e. The highest BCUT2D eigenvalue weighted by atomic mass is 19.1. The monoisotopic (exact) mass is 416 g/mol. The third-order valence-corrected chi connectivity index (χ3v) is 5.64. The molecule has 0 amide bonds. The summed E-state index contributed by atoms with van der Waals surface area (Å²) in [7, 11) is 0. The number of carboxylic acid groups (broad SMARTS) is 1. The summed E-state index contributed by atoms with van der Waals surface area (Å²) in [5, 5.41) is 14.3. The number of aromatic carboxylic acids is 1. The standard InChI is InChI=1S/C26H25FN2O2/c1-18-7-2-3-9-20(18)13-14-28-16-23-22-11-4-5-12-24(22)29(25(23)26(30)31)17-19-8-6-10-21(27)15-19/h2-12,15,28H,13-14,16-17H2,1H3,(H,30,31). The van der Waals surface area contributed by atoms with E-state index in [1.165, 1.54) is 23.3 Å². The van der Waals surface area contributed by atoms with Crippen LogP contribution in [-0.4, -0.2) is 22.2 Å². The number of fused-ring (bicyclic) bond motifs is 1. The first-order chi connectivity index (χ1) is 15.0. The molecule has 0 bridgehead atoms. The Morgan fingerprint density at radius 2 is 1.81 bits per heavy atom. The number of para-hydroxylation sites is 1. The van der Waals surface area contributed by atoms with E-state index in [0.717, 1.165) is 35.0 Å². The molecule has 5 heteroatoms. The Hall–Kier alpha value is -3.44. The van der Waals surface area contributed by atoms with E-state index in [1.807, 2.05) is 42.5 Å². The first-order valence-corrected chi connectivity index (χ1v) is 10.4. The Morgan fingerprint density at radius 3 is 2.58 bits per heavy atom. The second-order valence-electron chi connectivity index (χ2n) is 7.72. The number of carbonyl (C=O) groups is 1. The molecular formula is C26H25FN2O2. The molecule has 0 spiro atoms. The van der Waals surface area contributed by atoms with Crippen molar-refractivity contribution in [2.75, 3.05) is 6.54 Å². The Kier molecular flexibility index (Phi) is 6.14. The van der Waals surface area contributed by atoms with Crippen LogP contribution in [0.15, 0.2) is 72.8 Å². The normalized spacial score (nSPS) is 11.2. The molecule has 31 heavy (non-hydrogen) atoms. The molecule has 0 aliphatic carbocycles. The molecule has 1 aromatic heterocycles. The highest BCUT2D eigenvalue weighted by Crippen LogP contribution is 2.27. The Labute approximate surface area is 181 Å². The Bertz CT molecular complexity index is 1230. The van der Waals surface area contributed by atoms with Gasteiger partial charge in [0.1, 0.15) is 11.5 Å². The average Bonchev–Trinajstić information content (AvgIpc) is 3.06. The summed E-state index contributed by atoms with van der Waals surface area (Å²) in [6.45, 7) is 3.58. The zero-order valence-corrected chi connectivity index (χ0v) is 17.4. The number of aryl methyl sites for hydroxylation is 1. The SMILES string of the molecule is Cc1ccccc1CCNCc1c(C(=O)O)n(Cc2cccc(F)c2)c2ccccc12. The molecule has 0 radical (unpaired) electrons. The lowest BCUT2D eigenvalue weighted by Gasteiger charge is -2.10. The Morgan fingerprint density at radius 1 is 1.03 bits per heavy atom. The lowest BCUT2D eigenvalue weighted by atomic mass is 10.1. The average molecular weight is 416 g/mol. The van der Waals surface area contributed by atoms with Crippen molar-refractivity contribution in [2.24, 2.45) is 0 Å². The number of nitrogens with zero attached hydrogens (tertiary/aromatic N) is 1. The van der Waals surface area contributed by atoms with Gasteiger partial charge < -0.3 is 15.0 Å². The van der Waals surface area contributed by atoms with Gasteiger partial charge in [-0.2, -0.15) is 0 Å². The molecule has 0 fully saturated rings. The molecule has 158 valence electrons. The van der Waals surface area contributed by atoms with Gasteiger partial charge in [0.25, 0.3) is 0 Å². The van der Waals surface area contributed by atoms with Gasteiger partial charge in [-0.3, -0.25) is 0 Å². The smallest absolute Gasteiger partial charge is 0.352 e. The maximum atomic E-state index is 13.7. The summed E-state index contributed by atoms with van der Waals surface area (Å²) in [6.07, 6.45) is 0.872. The summed E-state index contributed by atoms with van der Waals surface area (Å²) in [4.78, 5) is 12.2. The zero-order chi connectivity index (χ0) is 21.8. The third kappa shape index (κ3) is 4.52. The highest BCUT2D eigenvalue weighted by molar-refractivity contribution is 5.98. The zero-order valence-electron chi connectivity index (χ0n) is 17.4. The van der Waals surface area contributed by atoms with Crippen LogP contribution in [0.2, 0.25) is 0 Å². The molecule has 0 unspecified atom stereocenters. The van der Waals surface area contributed by atoms with Crippen molar-refractivity contribution in [2.45, 2.75) is 26.4 Å². The van der Waals surface area contributed by atoms with Crippen molar-refractivity contribution in [3.05, 3.63) is 107 Å². The second-order valence-corrected chi connectivity index (χ2v) is 7.72. The van der Waals surface area contributed by atoms with E-state index < -0.39 is 5.97 Å². The van der Waals surface area contributed by atoms with Crippen LogP contribution in [0, 0.1) is 12.7 Å². The predicted molar refractivity (Wildman–Crippen MR) is 121 cm³/mol. The number of nitrogens with one attached hydrogen (secondary N) is 1. The Balaban J connectivity index is 1.62. The summed E-state index contributed by atoms with van der Waals surface area (Å²) in [6, 6.07) is 22.2. The molecule has 0 aliphatic heterocycles. The first kappa shape index (κ1) is 20.8. The van der Waals surface area contributed by atoms with Gasteiger partial charge in [-0.05, 0) is 54.8 Å². The van der Waals surface area contributed by atoms with Crippen LogP contribution < -0.4 is 5.32 Å². The van der Waals surface area contributed by atoms with Crippen molar-refractivity contribution in [3.8, 4) is 0 Å². The van der Waals surface area contributed by atoms with Crippen LogP contribution in [0.4, 0.5) is 4.39 Å². The molecule has 1 heterocycles. The van der Waals surface area contributed by atoms with E-state index in [9.17, 15) is 14.3 Å². The largest absolute Gasteiger partial charge is 0.477 e. The van der Waals surface area contributed by atoms with E-state index in [0.29, 0.717) is 13.1 Å². The molecular weight excluding hydrogens is 391 g/mol. The maximum absolute atomic E-state index is 13.7. The summed E-state index contributed by atoms with van der Waals surface area (Å²) in [5.74, 6) is -1.31. The number of benzene rings is 3. The lowest BCUT2D eigenvalue weighted by Crippen LogP contribution is -2.19. The molecule has 3 aromatic carbocycles. The minimum atomic E-state index is -0.983. The van der Waals surface area contributed by atoms with Gasteiger partial charge in [-0.25, -0.2) is 9.18 Å². The van der Waals surface area contributed by atoms with Crippen LogP contribution in [0.3, 0.4) is 0 Å². The van der Waals surface area contributed by atoms with Gasteiger partial charge >= 0.3 is 5.97 Å². The van der Waals surface area contributed by atoms with Crippen molar-refractivity contribution < 1.29 is 14.3 Å². The van der Waals surface area contributed by atoms with E-state index >= 15 is 0 Å². The van der Waals surface area contributed by atoms with E-state index in [2.05, 4.69) is 24.4 Å². The second kappa shape index (κ2) is 9.14. The van der Waals surface area contributed by atoms with Crippen LogP contribution in [-0.2, 0) is 19.5 Å². The quantitative estimate of drug-likeness (QED) is 0.390. The molecule has 2 N–H and O–H groups in total. The van der Waals surface area contributed by atoms with Gasteiger partial charge in [0.2, 0.25) is 0 Å². The van der Waals surface area contributed by atoms with Gasteiger partial charge in [-0.1, -0.05) is 54.6 Å². The van der Waals surface area contributed by atoms with Crippen molar-refractivity contribution in [1.29, 1.82) is 0 Å². The summed E-state index contributed by atoms with van der Waals surface area (Å²) >= 11 is 0. The maximum Gasteiger partial charge on any atom is 0.352 e. The molecule has 0 saturated heterocycles. The minimum absolute atomic E-state index is 0.244. The fourth-order valence-electron chi connectivity index (χ4n) is 4.11. The molecule has 4 aromatic rings. The van der Waals surface area contributed by atoms with Crippen LogP contribution in [0.1, 0.15) is 32.7 Å². The van der Waals surface area contributed by atoms with E-state index in [4.69, 9.17) is 0 Å². The van der Waals surface area contributed by atoms with Crippen LogP contribution in [0.25, 0.3) is 10.9 Å². The van der Waals surface area contributed by atoms with Crippen LogP contribution >= 0.6 is 0 Å². The number of rotatable bonds is 8. The molecule has 0 atom stereocenters. The topological polar surface area (TPSA) is 54.3 Å². The molecule has 4 nitrogen and oxygen atoms in total. The van der Waals surface area contributed by atoms with Crippen LogP contribution in [0.5, 0.6) is 0 Å². The molecule has 0 saturated carbocycles. The fraction of sp³-hybridized carbons (Fsp3) is 0.192. The number of hydrogen-bond donors (Lipinski definition) is 2. The summed E-state index contributed by atoms with van der Waals surface area (Å²) < 4.78 is 15.5. The third-order valence-electron chi connectivity index (χ3n) is 5.64. The predicted octanol–water partition coefficient (Wildman–Crippen LogP) is 5.17. The first-order valence-electron chi connectivity index (χ1n) is 10.4. The van der Waals surface area contributed by atoms with Gasteiger partial charge in [0.05, 0.1) is 0 Å². The summed E-state index contributed by atoms with van der Waals surface area (Å²) in [5.41, 5.74) is 5.09.